The van der Waals surface area contributed by atoms with Crippen molar-refractivity contribution in [2.45, 2.75) is 6.54 Å². The maximum atomic E-state index is 11.9. The number of phenolic OH excluding ortho intramolecular Hbond substituents is 1. The molecule has 0 unspecified atom stereocenters. The first kappa shape index (κ1) is 13.7. The van der Waals surface area contributed by atoms with Gasteiger partial charge in [0.25, 0.3) is 5.91 Å². The molecule has 20 heavy (non-hydrogen) atoms. The van der Waals surface area contributed by atoms with Gasteiger partial charge in [-0.15, -0.1) is 0 Å². The molecule has 1 amide bonds. The van der Waals surface area contributed by atoms with Gasteiger partial charge < -0.3 is 20.9 Å². The van der Waals surface area contributed by atoms with Crippen LogP contribution >= 0.6 is 0 Å². The summed E-state index contributed by atoms with van der Waals surface area (Å²) in [6.07, 6.45) is 0. The predicted molar refractivity (Wildman–Crippen MR) is 76.7 cm³/mol. The van der Waals surface area contributed by atoms with E-state index in [4.69, 9.17) is 10.5 Å². The molecule has 0 aliphatic carbocycles. The molecule has 5 nitrogen and oxygen atoms in total. The molecule has 2 aromatic carbocycles. The van der Waals surface area contributed by atoms with Gasteiger partial charge in [-0.2, -0.15) is 0 Å². The number of aromatic hydroxyl groups is 1. The number of phenols is 1. The lowest BCUT2D eigenvalue weighted by Crippen LogP contribution is -2.22. The van der Waals surface area contributed by atoms with Crippen molar-refractivity contribution in [1.29, 1.82) is 0 Å². The Kier molecular flexibility index (Phi) is 4.10. The molecule has 0 bridgehead atoms. The van der Waals surface area contributed by atoms with Crippen molar-refractivity contribution in [1.82, 2.24) is 5.32 Å². The van der Waals surface area contributed by atoms with Crippen LogP contribution in [0, 0.1) is 0 Å². The molecule has 0 aromatic heterocycles. The third-order valence-electron chi connectivity index (χ3n) is 2.90. The Morgan fingerprint density at radius 1 is 1.25 bits per heavy atom. The third-order valence-corrected chi connectivity index (χ3v) is 2.90. The number of benzene rings is 2. The fourth-order valence-corrected chi connectivity index (χ4v) is 1.77. The van der Waals surface area contributed by atoms with Crippen LogP contribution in [0.1, 0.15) is 15.9 Å². The largest absolute Gasteiger partial charge is 0.508 e. The van der Waals surface area contributed by atoms with Crippen molar-refractivity contribution < 1.29 is 14.6 Å². The molecule has 0 spiro atoms. The average molecular weight is 272 g/mol. The number of anilines is 1. The summed E-state index contributed by atoms with van der Waals surface area (Å²) < 4.78 is 5.03. The molecule has 0 atom stereocenters. The molecular weight excluding hydrogens is 256 g/mol. The van der Waals surface area contributed by atoms with Crippen LogP contribution in [0.15, 0.2) is 42.5 Å². The van der Waals surface area contributed by atoms with E-state index < -0.39 is 0 Å². The summed E-state index contributed by atoms with van der Waals surface area (Å²) in [6, 6.07) is 11.5. The predicted octanol–water partition coefficient (Wildman–Crippen LogP) is 1.91. The minimum atomic E-state index is -0.227. The molecule has 0 aliphatic heterocycles. The van der Waals surface area contributed by atoms with E-state index >= 15 is 0 Å². The summed E-state index contributed by atoms with van der Waals surface area (Å²) in [6.45, 7) is 0.210. The summed E-state index contributed by atoms with van der Waals surface area (Å²) >= 11 is 0. The van der Waals surface area contributed by atoms with Crippen molar-refractivity contribution in [2.24, 2.45) is 0 Å². The molecular formula is C15H16N2O3. The highest BCUT2D eigenvalue weighted by molar-refractivity contribution is 5.94. The van der Waals surface area contributed by atoms with E-state index in [0.29, 0.717) is 22.6 Å². The maximum Gasteiger partial charge on any atom is 0.251 e. The summed E-state index contributed by atoms with van der Waals surface area (Å²) in [7, 11) is 1.57. The molecule has 104 valence electrons. The molecule has 4 N–H and O–H groups in total. The van der Waals surface area contributed by atoms with E-state index in [1.165, 1.54) is 6.07 Å². The molecule has 0 aliphatic rings. The van der Waals surface area contributed by atoms with Crippen LogP contribution in [-0.4, -0.2) is 18.1 Å². The Labute approximate surface area is 117 Å². The molecule has 2 aromatic rings. The van der Waals surface area contributed by atoms with E-state index in [1.807, 2.05) is 0 Å². The number of hydrogen-bond donors (Lipinski definition) is 3. The van der Waals surface area contributed by atoms with Crippen molar-refractivity contribution in [3.8, 4) is 11.5 Å². The van der Waals surface area contributed by atoms with Crippen molar-refractivity contribution in [3.05, 3.63) is 53.6 Å². The minimum absolute atomic E-state index is 0.106. The van der Waals surface area contributed by atoms with Gasteiger partial charge in [-0.1, -0.05) is 0 Å². The van der Waals surface area contributed by atoms with Crippen molar-refractivity contribution in [3.63, 3.8) is 0 Å². The molecule has 0 fully saturated rings. The van der Waals surface area contributed by atoms with E-state index in [1.54, 1.807) is 43.5 Å². The van der Waals surface area contributed by atoms with Crippen LogP contribution in [0.4, 0.5) is 5.69 Å². The third kappa shape index (κ3) is 3.20. The number of nitrogen functional groups attached to an aromatic ring is 1. The van der Waals surface area contributed by atoms with Crippen LogP contribution in [0.25, 0.3) is 0 Å². The van der Waals surface area contributed by atoms with Crippen LogP contribution in [0.2, 0.25) is 0 Å². The Hall–Kier alpha value is -2.69. The van der Waals surface area contributed by atoms with Gasteiger partial charge in [-0.3, -0.25) is 4.79 Å². The van der Waals surface area contributed by atoms with Gasteiger partial charge in [0.1, 0.15) is 11.5 Å². The smallest absolute Gasteiger partial charge is 0.251 e. The quantitative estimate of drug-likeness (QED) is 0.586. The summed E-state index contributed by atoms with van der Waals surface area (Å²) in [5.74, 6) is 0.568. The lowest BCUT2D eigenvalue weighted by atomic mass is 10.1. The lowest BCUT2D eigenvalue weighted by molar-refractivity contribution is 0.0950. The highest BCUT2D eigenvalue weighted by Gasteiger charge is 2.07. The summed E-state index contributed by atoms with van der Waals surface area (Å²) in [5, 5.41) is 12.4. The van der Waals surface area contributed by atoms with Gasteiger partial charge in [-0.05, 0) is 42.5 Å². The molecule has 2 rings (SSSR count). The minimum Gasteiger partial charge on any atom is -0.508 e. The zero-order valence-electron chi connectivity index (χ0n) is 11.1. The van der Waals surface area contributed by atoms with E-state index in [9.17, 15) is 9.90 Å². The molecule has 0 saturated carbocycles. The normalized spacial score (nSPS) is 10.1. The molecule has 0 heterocycles. The number of nitrogens with two attached hydrogens (primary N) is 1. The molecule has 0 radical (unpaired) electrons. The number of carbonyl (C=O) groups is 1. The van der Waals surface area contributed by atoms with Crippen LogP contribution in [0.5, 0.6) is 11.5 Å². The van der Waals surface area contributed by atoms with Gasteiger partial charge in [0.05, 0.1) is 7.11 Å². The monoisotopic (exact) mass is 272 g/mol. The first-order valence-electron chi connectivity index (χ1n) is 6.10. The Morgan fingerprint density at radius 2 is 1.95 bits per heavy atom. The standard InChI is InChI=1S/C15H16N2O3/c1-20-13-5-2-10(3-6-13)15(19)17-9-11-8-12(16)4-7-14(11)18/h2-8,18H,9,16H2,1H3,(H,17,19). The number of nitrogens with one attached hydrogen (secondary N) is 1. The van der Waals surface area contributed by atoms with Crippen molar-refractivity contribution >= 4 is 11.6 Å². The van der Waals surface area contributed by atoms with Gasteiger partial charge in [0, 0.05) is 23.4 Å². The van der Waals surface area contributed by atoms with Gasteiger partial charge >= 0.3 is 0 Å². The van der Waals surface area contributed by atoms with Gasteiger partial charge in [-0.25, -0.2) is 0 Å². The highest BCUT2D eigenvalue weighted by Crippen LogP contribution is 2.19. The molecule has 5 heteroatoms. The van der Waals surface area contributed by atoms with Crippen LogP contribution in [0.3, 0.4) is 0 Å². The second-order valence-corrected chi connectivity index (χ2v) is 4.30. The van der Waals surface area contributed by atoms with Gasteiger partial charge in [0.2, 0.25) is 0 Å². The van der Waals surface area contributed by atoms with Crippen molar-refractivity contribution in [2.75, 3.05) is 12.8 Å². The number of methoxy groups -OCH3 is 1. The first-order valence-corrected chi connectivity index (χ1v) is 6.10. The summed E-state index contributed by atoms with van der Waals surface area (Å²) in [5.41, 5.74) is 7.28. The number of amides is 1. The number of carbonyl (C=O) groups excluding carboxylic acids is 1. The fourth-order valence-electron chi connectivity index (χ4n) is 1.77. The lowest BCUT2D eigenvalue weighted by Gasteiger charge is -2.08. The van der Waals surface area contributed by atoms with E-state index in [-0.39, 0.29) is 18.2 Å². The zero-order chi connectivity index (χ0) is 14.5. The number of rotatable bonds is 4. The topological polar surface area (TPSA) is 84.6 Å². The maximum absolute atomic E-state index is 11.9. The summed E-state index contributed by atoms with van der Waals surface area (Å²) in [4.78, 5) is 11.9. The van der Waals surface area contributed by atoms with E-state index in [0.717, 1.165) is 0 Å². The molecule has 0 saturated heterocycles. The highest BCUT2D eigenvalue weighted by atomic mass is 16.5. The Balaban J connectivity index is 2.02. The second kappa shape index (κ2) is 5.97. The Bertz CT molecular complexity index is 609. The number of ether oxygens (including phenoxy) is 1. The average Bonchev–Trinajstić information content (AvgIpc) is 2.48. The first-order chi connectivity index (χ1) is 9.60. The van der Waals surface area contributed by atoms with Crippen LogP contribution in [-0.2, 0) is 6.54 Å². The SMILES string of the molecule is COc1ccc(C(=O)NCc2cc(N)ccc2O)cc1. The van der Waals surface area contributed by atoms with Crippen LogP contribution < -0.4 is 15.8 Å². The second-order valence-electron chi connectivity index (χ2n) is 4.30. The Morgan fingerprint density at radius 3 is 2.60 bits per heavy atom. The fraction of sp³-hybridized carbons (Fsp3) is 0.133. The number of hydrogen-bond acceptors (Lipinski definition) is 4. The van der Waals surface area contributed by atoms with E-state index in [2.05, 4.69) is 5.32 Å². The van der Waals surface area contributed by atoms with Gasteiger partial charge in [0.15, 0.2) is 0 Å². The zero-order valence-corrected chi connectivity index (χ0v) is 11.1.